The first-order valence-corrected chi connectivity index (χ1v) is 5.03. The van der Waals surface area contributed by atoms with Crippen molar-refractivity contribution in [3.05, 3.63) is 0 Å². The lowest BCUT2D eigenvalue weighted by Gasteiger charge is -2.03. The first-order valence-electron chi connectivity index (χ1n) is 5.03. The summed E-state index contributed by atoms with van der Waals surface area (Å²) in [4.78, 5) is 21.6. The standard InChI is InChI=1S/C11H11F3O4/c1-10(2)6(8(10)9(16)17)3-4-7(15)18-5-11(12,13)14/h6,8H,5H2,1-2H3,(H,16,17)/t6-,8-/m0/s1. The number of esters is 1. The molecule has 1 saturated carbocycles. The number of rotatable bonds is 2. The molecule has 0 amide bonds. The maximum Gasteiger partial charge on any atom is 0.422 e. The van der Waals surface area contributed by atoms with Gasteiger partial charge in [0.1, 0.15) is 0 Å². The highest BCUT2D eigenvalue weighted by Crippen LogP contribution is 2.57. The van der Waals surface area contributed by atoms with Gasteiger partial charge in [0.25, 0.3) is 0 Å². The minimum Gasteiger partial charge on any atom is -0.481 e. The van der Waals surface area contributed by atoms with Crippen LogP contribution in [0.5, 0.6) is 0 Å². The fourth-order valence-corrected chi connectivity index (χ4v) is 1.69. The number of hydrogen-bond acceptors (Lipinski definition) is 3. The van der Waals surface area contributed by atoms with Crippen molar-refractivity contribution in [1.82, 2.24) is 0 Å². The average Bonchev–Trinajstić information content (AvgIpc) is 2.73. The molecule has 0 unspecified atom stereocenters. The SMILES string of the molecule is CC1(C)[C@H](C(=O)O)[C@@H]1C#CC(=O)OCC(F)(F)F. The highest BCUT2D eigenvalue weighted by Gasteiger charge is 2.61. The summed E-state index contributed by atoms with van der Waals surface area (Å²) in [6, 6.07) is 0. The van der Waals surface area contributed by atoms with Crippen molar-refractivity contribution >= 4 is 11.9 Å². The van der Waals surface area contributed by atoms with Gasteiger partial charge in [-0.1, -0.05) is 19.8 Å². The Morgan fingerprint density at radius 1 is 1.39 bits per heavy atom. The highest BCUT2D eigenvalue weighted by molar-refractivity contribution is 5.89. The van der Waals surface area contributed by atoms with Gasteiger partial charge in [0, 0.05) is 11.8 Å². The normalized spacial score (nSPS) is 24.7. The fraction of sp³-hybridized carbons (Fsp3) is 0.636. The van der Waals surface area contributed by atoms with Crippen molar-refractivity contribution in [2.24, 2.45) is 17.3 Å². The number of aliphatic carboxylic acids is 1. The molecule has 4 nitrogen and oxygen atoms in total. The summed E-state index contributed by atoms with van der Waals surface area (Å²) in [7, 11) is 0. The molecule has 0 radical (unpaired) electrons. The Balaban J connectivity index is 2.53. The number of halogens is 3. The molecule has 0 aliphatic heterocycles. The van der Waals surface area contributed by atoms with E-state index in [9.17, 15) is 22.8 Å². The van der Waals surface area contributed by atoms with Gasteiger partial charge in [-0.3, -0.25) is 4.79 Å². The van der Waals surface area contributed by atoms with Crippen LogP contribution in [0.2, 0.25) is 0 Å². The van der Waals surface area contributed by atoms with Crippen molar-refractivity contribution in [3.63, 3.8) is 0 Å². The fourth-order valence-electron chi connectivity index (χ4n) is 1.69. The molecule has 0 saturated heterocycles. The van der Waals surface area contributed by atoms with E-state index in [0.29, 0.717) is 0 Å². The predicted molar refractivity (Wildman–Crippen MR) is 53.2 cm³/mol. The minimum atomic E-state index is -4.60. The molecule has 7 heteroatoms. The molecule has 100 valence electrons. The van der Waals surface area contributed by atoms with Crippen LogP contribution in [0.4, 0.5) is 13.2 Å². The van der Waals surface area contributed by atoms with Crippen molar-refractivity contribution in [3.8, 4) is 11.8 Å². The summed E-state index contributed by atoms with van der Waals surface area (Å²) in [6.45, 7) is 1.62. The van der Waals surface area contributed by atoms with Crippen molar-refractivity contribution < 1.29 is 32.6 Å². The maximum atomic E-state index is 11.7. The largest absolute Gasteiger partial charge is 0.481 e. The third-order valence-electron chi connectivity index (χ3n) is 2.79. The minimum absolute atomic E-state index is 0.548. The molecule has 1 fully saturated rings. The number of alkyl halides is 3. The molecule has 0 aromatic heterocycles. The molecule has 1 aliphatic rings. The number of ether oxygens (including phenoxy) is 1. The lowest BCUT2D eigenvalue weighted by Crippen LogP contribution is -2.19. The van der Waals surface area contributed by atoms with E-state index in [1.165, 1.54) is 0 Å². The molecule has 1 rings (SSSR count). The molecular formula is C11H11F3O4. The number of carbonyl (C=O) groups excluding carboxylic acids is 1. The first-order chi connectivity index (χ1) is 8.05. The van der Waals surface area contributed by atoms with Gasteiger partial charge in [-0.2, -0.15) is 13.2 Å². The van der Waals surface area contributed by atoms with Gasteiger partial charge in [0.15, 0.2) is 6.61 Å². The summed E-state index contributed by atoms with van der Waals surface area (Å²) in [6.07, 6.45) is -4.60. The molecular weight excluding hydrogens is 253 g/mol. The summed E-state index contributed by atoms with van der Waals surface area (Å²) in [5.74, 6) is 0.624. The number of carbonyl (C=O) groups is 2. The molecule has 0 aromatic carbocycles. The zero-order valence-corrected chi connectivity index (χ0v) is 9.67. The number of carboxylic acid groups (broad SMARTS) is 1. The van der Waals surface area contributed by atoms with Crippen LogP contribution in [0.25, 0.3) is 0 Å². The van der Waals surface area contributed by atoms with Crippen LogP contribution in [0.3, 0.4) is 0 Å². The molecule has 2 atom stereocenters. The van der Waals surface area contributed by atoms with Crippen LogP contribution in [-0.2, 0) is 14.3 Å². The van der Waals surface area contributed by atoms with Crippen LogP contribution < -0.4 is 0 Å². The maximum absolute atomic E-state index is 11.7. The van der Waals surface area contributed by atoms with Crippen LogP contribution in [-0.4, -0.2) is 29.8 Å². The molecule has 0 bridgehead atoms. The Morgan fingerprint density at radius 3 is 2.33 bits per heavy atom. The van der Waals surface area contributed by atoms with E-state index >= 15 is 0 Å². The Hall–Kier alpha value is -1.71. The average molecular weight is 264 g/mol. The van der Waals surface area contributed by atoms with E-state index in [0.717, 1.165) is 0 Å². The van der Waals surface area contributed by atoms with Gasteiger partial charge in [-0.25, -0.2) is 4.79 Å². The molecule has 0 aromatic rings. The lowest BCUT2D eigenvalue weighted by molar-refractivity contribution is -0.182. The smallest absolute Gasteiger partial charge is 0.422 e. The van der Waals surface area contributed by atoms with Crippen LogP contribution in [0.15, 0.2) is 0 Å². The van der Waals surface area contributed by atoms with E-state index in [-0.39, 0.29) is 0 Å². The summed E-state index contributed by atoms with van der Waals surface area (Å²) in [5, 5.41) is 8.80. The summed E-state index contributed by atoms with van der Waals surface area (Å²) < 4.78 is 39.0. The Bertz CT molecular complexity index is 428. The zero-order chi connectivity index (χ0) is 14.1. The van der Waals surface area contributed by atoms with Gasteiger partial charge in [0.2, 0.25) is 0 Å². The second-order valence-electron chi connectivity index (χ2n) is 4.58. The van der Waals surface area contributed by atoms with E-state index in [1.807, 2.05) is 5.92 Å². The van der Waals surface area contributed by atoms with Crippen LogP contribution in [0, 0.1) is 29.1 Å². The molecule has 0 heterocycles. The predicted octanol–water partition coefficient (Wildman–Crippen LogP) is 1.45. The summed E-state index contributed by atoms with van der Waals surface area (Å²) >= 11 is 0. The quantitative estimate of drug-likeness (QED) is 0.466. The van der Waals surface area contributed by atoms with E-state index in [2.05, 4.69) is 10.7 Å². The Kier molecular flexibility index (Phi) is 3.60. The Labute approximate surface area is 101 Å². The lowest BCUT2D eigenvalue weighted by atomic mass is 10.1. The molecule has 1 N–H and O–H groups in total. The van der Waals surface area contributed by atoms with Crippen molar-refractivity contribution in [1.29, 1.82) is 0 Å². The van der Waals surface area contributed by atoms with Crippen molar-refractivity contribution in [2.75, 3.05) is 6.61 Å². The zero-order valence-electron chi connectivity index (χ0n) is 9.67. The Morgan fingerprint density at radius 2 is 1.94 bits per heavy atom. The van der Waals surface area contributed by atoms with Gasteiger partial charge < -0.3 is 9.84 Å². The van der Waals surface area contributed by atoms with Gasteiger partial charge >= 0.3 is 18.1 Å². The van der Waals surface area contributed by atoms with Crippen LogP contribution >= 0.6 is 0 Å². The number of carboxylic acids is 1. The second kappa shape index (κ2) is 4.52. The van der Waals surface area contributed by atoms with E-state index < -0.39 is 42.0 Å². The van der Waals surface area contributed by atoms with Crippen LogP contribution in [0.1, 0.15) is 13.8 Å². The van der Waals surface area contributed by atoms with E-state index in [4.69, 9.17) is 5.11 Å². The monoisotopic (exact) mass is 264 g/mol. The van der Waals surface area contributed by atoms with Crippen molar-refractivity contribution in [2.45, 2.75) is 20.0 Å². The third-order valence-corrected chi connectivity index (χ3v) is 2.79. The summed E-state index contributed by atoms with van der Waals surface area (Å²) in [5.41, 5.74) is -0.580. The van der Waals surface area contributed by atoms with E-state index in [1.54, 1.807) is 13.8 Å². The van der Waals surface area contributed by atoms with Gasteiger partial charge in [0.05, 0.1) is 5.92 Å². The number of hydrogen-bond donors (Lipinski definition) is 1. The highest BCUT2D eigenvalue weighted by atomic mass is 19.4. The second-order valence-corrected chi connectivity index (χ2v) is 4.58. The molecule has 18 heavy (non-hydrogen) atoms. The van der Waals surface area contributed by atoms with Gasteiger partial charge in [-0.15, -0.1) is 0 Å². The molecule has 0 spiro atoms. The first kappa shape index (κ1) is 14.4. The topological polar surface area (TPSA) is 63.6 Å². The third kappa shape index (κ3) is 3.39. The van der Waals surface area contributed by atoms with Gasteiger partial charge in [-0.05, 0) is 5.41 Å². The molecule has 1 aliphatic carbocycles.